The lowest BCUT2D eigenvalue weighted by Crippen LogP contribution is -2.42. The van der Waals surface area contributed by atoms with Crippen molar-refractivity contribution in [2.75, 3.05) is 25.0 Å². The molecule has 0 aliphatic carbocycles. The number of pyridine rings is 1. The number of carbonyl (C=O) groups excluding carboxylic acids is 1. The van der Waals surface area contributed by atoms with Crippen molar-refractivity contribution >= 4 is 33.4 Å². The molecule has 4 rings (SSSR count). The van der Waals surface area contributed by atoms with Gasteiger partial charge < -0.3 is 15.0 Å². The van der Waals surface area contributed by atoms with Gasteiger partial charge in [0.25, 0.3) is 5.91 Å². The zero-order chi connectivity index (χ0) is 17.9. The molecular formula is C18H19N5O2S. The fraction of sp³-hybridized carbons (Fsp3) is 0.333. The van der Waals surface area contributed by atoms with E-state index in [1.807, 2.05) is 35.4 Å². The number of nitrogens with zero attached hydrogens (tertiary/aromatic N) is 4. The normalized spacial score (nSPS) is 13.5. The molecule has 0 spiro atoms. The maximum Gasteiger partial charge on any atom is 0.274 e. The summed E-state index contributed by atoms with van der Waals surface area (Å²) in [5.41, 5.74) is 2.26. The van der Waals surface area contributed by atoms with Gasteiger partial charge in [0.15, 0.2) is 5.69 Å². The van der Waals surface area contributed by atoms with Gasteiger partial charge in [0.05, 0.1) is 16.8 Å². The molecule has 0 unspecified atom stereocenters. The maximum atomic E-state index is 12.7. The molecule has 4 heterocycles. The Labute approximate surface area is 155 Å². The molecule has 1 fully saturated rings. The monoisotopic (exact) mass is 369 g/mol. The summed E-state index contributed by atoms with van der Waals surface area (Å²) in [5, 5.41) is 5.13. The largest absolute Gasteiger partial charge is 0.478 e. The predicted molar refractivity (Wildman–Crippen MR) is 101 cm³/mol. The van der Waals surface area contributed by atoms with Crippen molar-refractivity contribution in [3.8, 4) is 5.88 Å². The number of hydrogen-bond donors (Lipinski definition) is 1. The molecule has 0 atom stereocenters. The van der Waals surface area contributed by atoms with Crippen LogP contribution >= 0.6 is 11.3 Å². The van der Waals surface area contributed by atoms with E-state index < -0.39 is 0 Å². The predicted octanol–water partition coefficient (Wildman–Crippen LogP) is 2.94. The van der Waals surface area contributed by atoms with Crippen LogP contribution in [0.2, 0.25) is 0 Å². The first-order valence-electron chi connectivity index (χ1n) is 8.60. The van der Waals surface area contributed by atoms with Gasteiger partial charge in [-0.15, -0.1) is 11.3 Å². The summed E-state index contributed by atoms with van der Waals surface area (Å²) in [7, 11) is 0. The van der Waals surface area contributed by atoms with Crippen LogP contribution in [0, 0.1) is 0 Å². The molecule has 3 aromatic heterocycles. The minimum atomic E-state index is -0.0168. The Morgan fingerprint density at radius 2 is 2.19 bits per heavy atom. The van der Waals surface area contributed by atoms with Crippen molar-refractivity contribution in [3.63, 3.8) is 0 Å². The highest BCUT2D eigenvalue weighted by Gasteiger charge is 2.25. The molecular weight excluding hydrogens is 350 g/mol. The van der Waals surface area contributed by atoms with Crippen molar-refractivity contribution in [1.29, 1.82) is 0 Å². The molecule has 8 heteroatoms. The summed E-state index contributed by atoms with van der Waals surface area (Å²) < 4.78 is 6.19. The molecule has 134 valence electrons. The number of amides is 1. The van der Waals surface area contributed by atoms with E-state index in [9.17, 15) is 4.79 Å². The molecule has 26 heavy (non-hydrogen) atoms. The standard InChI is InChI=1S/C18H19N5O2S/c1-2-25-14-5-4-12(10-19-14)11-20-18-21-13-6-9-26-16(13)15(22-18)17(24)23-7-3-8-23/h4-6,9-10H,2-3,7-8,11H2,1H3,(H,20,21,22). The highest BCUT2D eigenvalue weighted by molar-refractivity contribution is 7.17. The average Bonchev–Trinajstić information content (AvgIpc) is 3.07. The number of aromatic nitrogens is 3. The SMILES string of the molecule is CCOc1ccc(CNc2nc(C(=O)N3CCC3)c3sccc3n2)cn1. The number of carbonyl (C=O) groups is 1. The van der Waals surface area contributed by atoms with Gasteiger partial charge in [0.2, 0.25) is 11.8 Å². The molecule has 0 bridgehead atoms. The average molecular weight is 369 g/mol. The van der Waals surface area contributed by atoms with E-state index in [0.717, 1.165) is 35.3 Å². The number of rotatable bonds is 6. The molecule has 1 amide bonds. The number of hydrogen-bond acceptors (Lipinski definition) is 7. The van der Waals surface area contributed by atoms with Crippen LogP contribution in [-0.4, -0.2) is 45.5 Å². The number of likely N-dealkylation sites (tertiary alicyclic amines) is 1. The molecule has 0 radical (unpaired) electrons. The topological polar surface area (TPSA) is 80.2 Å². The molecule has 1 saturated heterocycles. The first-order chi connectivity index (χ1) is 12.7. The summed E-state index contributed by atoms with van der Waals surface area (Å²) >= 11 is 1.50. The maximum absolute atomic E-state index is 12.7. The van der Waals surface area contributed by atoms with E-state index in [0.29, 0.717) is 30.7 Å². The summed E-state index contributed by atoms with van der Waals surface area (Å²) in [6.45, 7) is 4.64. The zero-order valence-corrected chi connectivity index (χ0v) is 15.3. The third-order valence-electron chi connectivity index (χ3n) is 4.19. The van der Waals surface area contributed by atoms with Gasteiger partial charge in [-0.25, -0.2) is 15.0 Å². The Morgan fingerprint density at radius 3 is 2.88 bits per heavy atom. The zero-order valence-electron chi connectivity index (χ0n) is 14.4. The summed E-state index contributed by atoms with van der Waals surface area (Å²) in [6.07, 6.45) is 2.81. The molecule has 0 saturated carbocycles. The Balaban J connectivity index is 1.53. The van der Waals surface area contributed by atoms with Crippen LogP contribution in [0.4, 0.5) is 5.95 Å². The first kappa shape index (κ1) is 16.7. The third-order valence-corrected chi connectivity index (χ3v) is 5.10. The van der Waals surface area contributed by atoms with E-state index in [-0.39, 0.29) is 5.91 Å². The minimum Gasteiger partial charge on any atom is -0.478 e. The van der Waals surface area contributed by atoms with Crippen LogP contribution < -0.4 is 10.1 Å². The highest BCUT2D eigenvalue weighted by atomic mass is 32.1. The quantitative estimate of drug-likeness (QED) is 0.720. The first-order valence-corrected chi connectivity index (χ1v) is 9.48. The van der Waals surface area contributed by atoms with Crippen LogP contribution in [0.25, 0.3) is 10.2 Å². The summed E-state index contributed by atoms with van der Waals surface area (Å²) in [5.74, 6) is 1.04. The number of thiophene rings is 1. The summed E-state index contributed by atoms with van der Waals surface area (Å²) in [4.78, 5) is 27.7. The van der Waals surface area contributed by atoms with Crippen LogP contribution in [0.1, 0.15) is 29.4 Å². The van der Waals surface area contributed by atoms with Crippen LogP contribution in [0.5, 0.6) is 5.88 Å². The lowest BCUT2D eigenvalue weighted by molar-refractivity contribution is 0.0648. The van der Waals surface area contributed by atoms with E-state index in [4.69, 9.17) is 4.74 Å². The van der Waals surface area contributed by atoms with Gasteiger partial charge in [0.1, 0.15) is 0 Å². The lowest BCUT2D eigenvalue weighted by atomic mass is 10.2. The second kappa shape index (κ2) is 7.25. The van der Waals surface area contributed by atoms with Crippen LogP contribution in [0.3, 0.4) is 0 Å². The highest BCUT2D eigenvalue weighted by Crippen LogP contribution is 2.26. The number of ether oxygens (including phenoxy) is 1. The molecule has 1 N–H and O–H groups in total. The van der Waals surface area contributed by atoms with Crippen molar-refractivity contribution in [2.24, 2.45) is 0 Å². The van der Waals surface area contributed by atoms with Crippen molar-refractivity contribution in [3.05, 3.63) is 41.0 Å². The van der Waals surface area contributed by atoms with E-state index in [2.05, 4.69) is 20.3 Å². The second-order valence-electron chi connectivity index (χ2n) is 5.97. The van der Waals surface area contributed by atoms with Crippen LogP contribution in [-0.2, 0) is 6.54 Å². The van der Waals surface area contributed by atoms with Gasteiger partial charge in [0, 0.05) is 31.9 Å². The van der Waals surface area contributed by atoms with Crippen LogP contribution in [0.15, 0.2) is 29.8 Å². The Bertz CT molecular complexity index is 921. The van der Waals surface area contributed by atoms with Crippen molar-refractivity contribution < 1.29 is 9.53 Å². The molecule has 0 aromatic carbocycles. The molecule has 1 aliphatic heterocycles. The lowest BCUT2D eigenvalue weighted by Gasteiger charge is -2.30. The molecule has 3 aromatic rings. The Morgan fingerprint density at radius 1 is 1.31 bits per heavy atom. The number of fused-ring (bicyclic) bond motifs is 1. The number of nitrogens with one attached hydrogen (secondary N) is 1. The van der Waals surface area contributed by atoms with E-state index in [1.54, 1.807) is 6.20 Å². The van der Waals surface area contributed by atoms with Crippen molar-refractivity contribution in [1.82, 2.24) is 19.9 Å². The summed E-state index contributed by atoms with van der Waals surface area (Å²) in [6, 6.07) is 5.70. The fourth-order valence-electron chi connectivity index (χ4n) is 2.69. The van der Waals surface area contributed by atoms with Gasteiger partial charge in [-0.05, 0) is 30.4 Å². The van der Waals surface area contributed by atoms with Gasteiger partial charge in [-0.3, -0.25) is 4.79 Å². The smallest absolute Gasteiger partial charge is 0.274 e. The van der Waals surface area contributed by atoms with E-state index >= 15 is 0 Å². The Hall–Kier alpha value is -2.74. The Kier molecular flexibility index (Phi) is 4.66. The molecule has 7 nitrogen and oxygen atoms in total. The number of anilines is 1. The molecule has 1 aliphatic rings. The van der Waals surface area contributed by atoms with Gasteiger partial charge in [-0.1, -0.05) is 6.07 Å². The third kappa shape index (κ3) is 3.32. The van der Waals surface area contributed by atoms with E-state index in [1.165, 1.54) is 11.3 Å². The van der Waals surface area contributed by atoms with Crippen molar-refractivity contribution in [2.45, 2.75) is 19.9 Å². The minimum absolute atomic E-state index is 0.0168. The van der Waals surface area contributed by atoms with Gasteiger partial charge >= 0.3 is 0 Å². The van der Waals surface area contributed by atoms with Gasteiger partial charge in [-0.2, -0.15) is 0 Å². The second-order valence-corrected chi connectivity index (χ2v) is 6.88. The fourth-order valence-corrected chi connectivity index (χ4v) is 3.50.